The minimum absolute atomic E-state index is 0.250. The van der Waals surface area contributed by atoms with Crippen molar-refractivity contribution in [2.45, 2.75) is 13.5 Å². The van der Waals surface area contributed by atoms with Gasteiger partial charge in [0.2, 0.25) is 0 Å². The molecule has 1 heterocycles. The number of furan rings is 1. The average Bonchev–Trinajstić information content (AvgIpc) is 2.76. The van der Waals surface area contributed by atoms with Crippen LogP contribution in [-0.4, -0.2) is 4.92 Å². The molecule has 0 atom stereocenters. The highest BCUT2D eigenvalue weighted by atomic mass is 35.5. The smallest absolute Gasteiger partial charge is 0.404 e. The third kappa shape index (κ3) is 2.81. The third-order valence-electron chi connectivity index (χ3n) is 2.47. The summed E-state index contributed by atoms with van der Waals surface area (Å²) in [6.45, 7) is 2.31. The summed E-state index contributed by atoms with van der Waals surface area (Å²) in [6.07, 6.45) is 0. The van der Waals surface area contributed by atoms with Crippen LogP contribution in [0.2, 0.25) is 5.02 Å². The van der Waals surface area contributed by atoms with Gasteiger partial charge in [-0.15, -0.1) is 0 Å². The van der Waals surface area contributed by atoms with Crippen LogP contribution in [0.25, 0.3) is 0 Å². The van der Waals surface area contributed by atoms with Gasteiger partial charge >= 0.3 is 5.88 Å². The predicted molar refractivity (Wildman–Crippen MR) is 68.9 cm³/mol. The Morgan fingerprint density at radius 1 is 1.39 bits per heavy atom. The zero-order valence-electron chi connectivity index (χ0n) is 9.64. The zero-order chi connectivity index (χ0) is 13.1. The van der Waals surface area contributed by atoms with Gasteiger partial charge in [0.1, 0.15) is 10.7 Å². The molecule has 2 rings (SSSR count). The molecule has 0 aliphatic rings. The minimum atomic E-state index is -0.558. The second kappa shape index (κ2) is 5.10. The summed E-state index contributed by atoms with van der Waals surface area (Å²) in [7, 11) is 0. The molecule has 0 spiro atoms. The highest BCUT2D eigenvalue weighted by Gasteiger charge is 2.11. The number of aryl methyl sites for hydroxylation is 1. The van der Waals surface area contributed by atoms with Crippen LogP contribution in [0.5, 0.6) is 0 Å². The fraction of sp³-hybridized carbons (Fsp3) is 0.167. The van der Waals surface area contributed by atoms with E-state index in [1.807, 2.05) is 19.1 Å². The Labute approximate surface area is 109 Å². The van der Waals surface area contributed by atoms with Crippen LogP contribution in [0.4, 0.5) is 11.6 Å². The first-order valence-electron chi connectivity index (χ1n) is 5.29. The first kappa shape index (κ1) is 12.4. The van der Waals surface area contributed by atoms with Gasteiger partial charge in [0.15, 0.2) is 0 Å². The first-order valence-corrected chi connectivity index (χ1v) is 5.67. The molecule has 1 N–H and O–H groups in total. The highest BCUT2D eigenvalue weighted by Crippen LogP contribution is 2.21. The Morgan fingerprint density at radius 2 is 2.17 bits per heavy atom. The molecule has 1 aromatic carbocycles. The Bertz CT molecular complexity index is 580. The van der Waals surface area contributed by atoms with Crippen LogP contribution in [0.1, 0.15) is 11.3 Å². The lowest BCUT2D eigenvalue weighted by Crippen LogP contribution is -1.99. The molecular weight excluding hydrogens is 256 g/mol. The van der Waals surface area contributed by atoms with E-state index in [4.69, 9.17) is 16.0 Å². The Balaban J connectivity index is 2.04. The summed E-state index contributed by atoms with van der Waals surface area (Å²) >= 11 is 5.85. The van der Waals surface area contributed by atoms with Crippen molar-refractivity contribution in [1.29, 1.82) is 0 Å². The van der Waals surface area contributed by atoms with Crippen molar-refractivity contribution in [1.82, 2.24) is 0 Å². The van der Waals surface area contributed by atoms with Gasteiger partial charge in [-0.05, 0) is 36.8 Å². The first-order chi connectivity index (χ1) is 8.56. The fourth-order valence-corrected chi connectivity index (χ4v) is 1.79. The van der Waals surface area contributed by atoms with Gasteiger partial charge in [-0.3, -0.25) is 10.1 Å². The van der Waals surface area contributed by atoms with Gasteiger partial charge in [-0.1, -0.05) is 11.6 Å². The summed E-state index contributed by atoms with van der Waals surface area (Å²) in [5.41, 5.74) is 1.92. The van der Waals surface area contributed by atoms with Gasteiger partial charge in [-0.2, -0.15) is 0 Å². The molecule has 0 bridgehead atoms. The molecule has 0 amide bonds. The molecule has 6 heteroatoms. The molecule has 0 saturated heterocycles. The maximum absolute atomic E-state index is 10.5. The number of halogens is 1. The SMILES string of the molecule is Cc1cc(Cl)ccc1NCc1ccc([N+](=O)[O-])o1. The van der Waals surface area contributed by atoms with Crippen molar-refractivity contribution in [3.8, 4) is 0 Å². The van der Waals surface area contributed by atoms with E-state index in [0.29, 0.717) is 17.3 Å². The molecule has 0 fully saturated rings. The quantitative estimate of drug-likeness (QED) is 0.676. The van der Waals surface area contributed by atoms with Crippen molar-refractivity contribution in [2.24, 2.45) is 0 Å². The Hall–Kier alpha value is -2.01. The van der Waals surface area contributed by atoms with Crippen molar-refractivity contribution in [2.75, 3.05) is 5.32 Å². The molecule has 94 valence electrons. The van der Waals surface area contributed by atoms with Gasteiger partial charge in [0, 0.05) is 10.7 Å². The van der Waals surface area contributed by atoms with Crippen molar-refractivity contribution in [3.63, 3.8) is 0 Å². The third-order valence-corrected chi connectivity index (χ3v) is 2.70. The number of rotatable bonds is 4. The number of hydrogen-bond acceptors (Lipinski definition) is 4. The normalized spacial score (nSPS) is 10.3. The van der Waals surface area contributed by atoms with Crippen LogP contribution in [-0.2, 0) is 6.54 Å². The fourth-order valence-electron chi connectivity index (χ4n) is 1.57. The van der Waals surface area contributed by atoms with Crippen LogP contribution in [0.3, 0.4) is 0 Å². The number of nitrogens with zero attached hydrogens (tertiary/aromatic N) is 1. The highest BCUT2D eigenvalue weighted by molar-refractivity contribution is 6.30. The maximum Gasteiger partial charge on any atom is 0.433 e. The lowest BCUT2D eigenvalue weighted by Gasteiger charge is -2.07. The van der Waals surface area contributed by atoms with Crippen molar-refractivity contribution in [3.05, 3.63) is 56.8 Å². The molecule has 0 unspecified atom stereocenters. The van der Waals surface area contributed by atoms with Crippen LogP contribution >= 0.6 is 11.6 Å². The average molecular weight is 267 g/mol. The second-order valence-electron chi connectivity index (χ2n) is 3.81. The molecule has 0 aliphatic heterocycles. The van der Waals surface area contributed by atoms with E-state index in [9.17, 15) is 10.1 Å². The molecule has 0 radical (unpaired) electrons. The van der Waals surface area contributed by atoms with Gasteiger partial charge in [0.25, 0.3) is 0 Å². The topological polar surface area (TPSA) is 68.3 Å². The van der Waals surface area contributed by atoms with Gasteiger partial charge in [-0.25, -0.2) is 0 Å². The van der Waals surface area contributed by atoms with E-state index in [0.717, 1.165) is 11.3 Å². The van der Waals surface area contributed by atoms with Crippen LogP contribution in [0, 0.1) is 17.0 Å². The zero-order valence-corrected chi connectivity index (χ0v) is 10.4. The van der Waals surface area contributed by atoms with Crippen LogP contribution in [0.15, 0.2) is 34.7 Å². The second-order valence-corrected chi connectivity index (χ2v) is 4.25. The summed E-state index contributed by atoms with van der Waals surface area (Å²) in [5, 5.41) is 14.3. The van der Waals surface area contributed by atoms with Gasteiger partial charge < -0.3 is 9.73 Å². The number of nitrogens with one attached hydrogen (secondary N) is 1. The van der Waals surface area contributed by atoms with E-state index in [1.165, 1.54) is 6.07 Å². The molecule has 18 heavy (non-hydrogen) atoms. The monoisotopic (exact) mass is 266 g/mol. The number of anilines is 1. The van der Waals surface area contributed by atoms with E-state index < -0.39 is 4.92 Å². The number of hydrogen-bond donors (Lipinski definition) is 1. The summed E-state index contributed by atoms with van der Waals surface area (Å²) in [5.74, 6) is 0.260. The standard InChI is InChI=1S/C12H11ClN2O3/c1-8-6-9(13)2-4-11(8)14-7-10-3-5-12(18-10)15(16)17/h2-6,14H,7H2,1H3. The Kier molecular flexibility index (Phi) is 3.53. The van der Waals surface area contributed by atoms with E-state index in [-0.39, 0.29) is 5.88 Å². The van der Waals surface area contributed by atoms with E-state index >= 15 is 0 Å². The van der Waals surface area contributed by atoms with E-state index in [2.05, 4.69) is 5.32 Å². The molecular formula is C12H11ClN2O3. The van der Waals surface area contributed by atoms with Crippen molar-refractivity contribution < 1.29 is 9.34 Å². The van der Waals surface area contributed by atoms with E-state index in [1.54, 1.807) is 12.1 Å². The van der Waals surface area contributed by atoms with Gasteiger partial charge in [0.05, 0.1) is 12.6 Å². The lowest BCUT2D eigenvalue weighted by atomic mass is 10.2. The maximum atomic E-state index is 10.5. The predicted octanol–water partition coefficient (Wildman–Crippen LogP) is 3.76. The molecule has 0 saturated carbocycles. The lowest BCUT2D eigenvalue weighted by molar-refractivity contribution is -0.402. The molecule has 2 aromatic rings. The summed E-state index contributed by atoms with van der Waals surface area (Å²) < 4.78 is 5.04. The van der Waals surface area contributed by atoms with Crippen molar-refractivity contribution >= 4 is 23.2 Å². The molecule has 5 nitrogen and oxygen atoms in total. The Morgan fingerprint density at radius 3 is 2.78 bits per heavy atom. The summed E-state index contributed by atoms with van der Waals surface area (Å²) in [6, 6.07) is 8.40. The summed E-state index contributed by atoms with van der Waals surface area (Å²) in [4.78, 5) is 9.90. The van der Waals surface area contributed by atoms with Crippen LogP contribution < -0.4 is 5.32 Å². The molecule has 1 aromatic heterocycles. The number of benzene rings is 1. The largest absolute Gasteiger partial charge is 0.433 e. The minimum Gasteiger partial charge on any atom is -0.404 e. The number of nitro groups is 1. The molecule has 0 aliphatic carbocycles.